The van der Waals surface area contributed by atoms with E-state index in [1.54, 1.807) is 0 Å². The molecule has 10 nitrogen and oxygen atoms in total. The molecule has 0 spiro atoms. The summed E-state index contributed by atoms with van der Waals surface area (Å²) in [5.41, 5.74) is 10.2. The number of hydrogen-bond acceptors (Lipinski definition) is 6. The molecule has 0 aliphatic carbocycles. The second-order valence-electron chi connectivity index (χ2n) is 4.01. The van der Waals surface area contributed by atoms with Crippen LogP contribution in [0.5, 0.6) is 0 Å². The van der Waals surface area contributed by atoms with E-state index in [1.165, 1.54) is 0 Å². The normalized spacial score (nSPS) is 11.4. The Labute approximate surface area is 127 Å². The smallest absolute Gasteiger partial charge is 0.331 e. The van der Waals surface area contributed by atoms with Crippen LogP contribution in [0.25, 0.3) is 0 Å². The molecule has 1 aromatic carbocycles. The number of hydrazine groups is 1. The minimum absolute atomic E-state index is 0.0873. The fourth-order valence-electron chi connectivity index (χ4n) is 1.63. The Morgan fingerprint density at radius 3 is 2.23 bits per heavy atom. The van der Waals surface area contributed by atoms with Crippen molar-refractivity contribution in [3.8, 4) is 0 Å². The highest BCUT2D eigenvalue weighted by Gasteiger charge is 2.31. The van der Waals surface area contributed by atoms with Gasteiger partial charge in [-0.15, -0.1) is 4.41 Å². The summed E-state index contributed by atoms with van der Waals surface area (Å²) in [6.07, 6.45) is -0.0873. The van der Waals surface area contributed by atoms with Gasteiger partial charge in [0.2, 0.25) is 0 Å². The average Bonchev–Trinajstić information content (AvgIpc) is 2.46. The lowest BCUT2D eigenvalue weighted by Crippen LogP contribution is -2.54. The molecule has 0 atom stereocenters. The summed E-state index contributed by atoms with van der Waals surface area (Å²) in [4.78, 5) is 21.0. The number of nitrogens with zero attached hydrogens (tertiary/aromatic N) is 3. The highest BCUT2D eigenvalue weighted by atomic mass is 32.2. The molecule has 2 radical (unpaired) electrons. The SMILES string of the molecule is [CH]CCN(N(CN)C(N)=O)S(=O)(=O)c1ccc([N+](=O)[O-])cc1. The van der Waals surface area contributed by atoms with Gasteiger partial charge in [-0.3, -0.25) is 10.1 Å². The van der Waals surface area contributed by atoms with Crippen molar-refractivity contribution >= 4 is 21.7 Å². The number of amides is 2. The number of sulfonamides is 1. The summed E-state index contributed by atoms with van der Waals surface area (Å²) >= 11 is 0. The van der Waals surface area contributed by atoms with Gasteiger partial charge in [-0.1, -0.05) is 0 Å². The van der Waals surface area contributed by atoms with Crippen LogP contribution >= 0.6 is 0 Å². The number of nitrogens with two attached hydrogens (primary N) is 2. The Kier molecular flexibility index (Phi) is 5.79. The molecule has 0 saturated heterocycles. The number of rotatable bonds is 7. The maximum Gasteiger partial charge on any atom is 0.331 e. The van der Waals surface area contributed by atoms with Crippen LogP contribution in [0.2, 0.25) is 0 Å². The van der Waals surface area contributed by atoms with Crippen molar-refractivity contribution in [2.45, 2.75) is 11.3 Å². The first-order valence-electron chi connectivity index (χ1n) is 6.00. The van der Waals surface area contributed by atoms with Gasteiger partial charge in [-0.2, -0.15) is 0 Å². The van der Waals surface area contributed by atoms with Gasteiger partial charge in [-0.25, -0.2) is 18.2 Å². The predicted molar refractivity (Wildman–Crippen MR) is 76.4 cm³/mol. The number of nitro benzene ring substituents is 1. The topological polar surface area (TPSA) is 153 Å². The fourth-order valence-corrected chi connectivity index (χ4v) is 3.11. The lowest BCUT2D eigenvalue weighted by Gasteiger charge is -2.31. The molecule has 2 amide bonds. The molecule has 0 aliphatic rings. The summed E-state index contributed by atoms with van der Waals surface area (Å²) in [6.45, 7) is 4.64. The van der Waals surface area contributed by atoms with E-state index in [9.17, 15) is 23.3 Å². The Morgan fingerprint density at radius 2 is 1.86 bits per heavy atom. The van der Waals surface area contributed by atoms with Crippen molar-refractivity contribution in [1.82, 2.24) is 9.42 Å². The average molecular weight is 329 g/mol. The highest BCUT2D eigenvalue weighted by Crippen LogP contribution is 2.21. The third-order valence-electron chi connectivity index (χ3n) is 2.64. The molecule has 0 aromatic heterocycles. The monoisotopic (exact) mass is 329 g/mol. The number of non-ortho nitro benzene ring substituents is 1. The van der Waals surface area contributed by atoms with E-state index >= 15 is 0 Å². The molecular formula is C11H15N5O5S. The Hall–Kier alpha value is -2.24. The van der Waals surface area contributed by atoms with Crippen molar-refractivity contribution < 1.29 is 18.1 Å². The second kappa shape index (κ2) is 7.15. The van der Waals surface area contributed by atoms with Gasteiger partial charge in [0, 0.05) is 18.7 Å². The summed E-state index contributed by atoms with van der Waals surface area (Å²) in [5, 5.41) is 11.2. The van der Waals surface area contributed by atoms with Crippen molar-refractivity contribution in [1.29, 1.82) is 0 Å². The lowest BCUT2D eigenvalue weighted by molar-refractivity contribution is -0.384. The van der Waals surface area contributed by atoms with Crippen LogP contribution < -0.4 is 11.5 Å². The maximum atomic E-state index is 12.5. The molecule has 1 aromatic rings. The molecule has 11 heteroatoms. The molecule has 0 aliphatic heterocycles. The molecule has 0 saturated carbocycles. The van der Waals surface area contributed by atoms with Crippen LogP contribution in [0.4, 0.5) is 10.5 Å². The molecule has 0 fully saturated rings. The van der Waals surface area contributed by atoms with Crippen molar-refractivity contribution in [2.24, 2.45) is 11.5 Å². The standard InChI is InChI=1S/C11H15N5O5S/c1-2-7-15(14(8-12)11(13)17)22(20,21)10-5-3-9(4-6-10)16(18)19/h1,3-6H,2,7-8,12H2,(H2,13,17). The molecule has 0 unspecified atom stereocenters. The van der Waals surface area contributed by atoms with E-state index < -0.39 is 27.6 Å². The molecular weight excluding hydrogens is 314 g/mol. The van der Waals surface area contributed by atoms with E-state index in [4.69, 9.17) is 18.4 Å². The van der Waals surface area contributed by atoms with Gasteiger partial charge in [0.25, 0.3) is 15.7 Å². The third-order valence-corrected chi connectivity index (χ3v) is 4.44. The van der Waals surface area contributed by atoms with Crippen LogP contribution in [0.1, 0.15) is 6.42 Å². The van der Waals surface area contributed by atoms with Crippen LogP contribution in [-0.4, -0.2) is 42.0 Å². The Bertz CT molecular complexity index is 645. The van der Waals surface area contributed by atoms with Gasteiger partial charge >= 0.3 is 6.03 Å². The molecule has 4 N–H and O–H groups in total. The quantitative estimate of drug-likeness (QED) is 0.404. The number of carbonyl (C=O) groups excluding carboxylic acids is 1. The van der Waals surface area contributed by atoms with Crippen LogP contribution in [0.15, 0.2) is 29.2 Å². The fraction of sp³-hybridized carbons (Fsp3) is 0.273. The zero-order chi connectivity index (χ0) is 16.9. The number of urea groups is 1. The van der Waals surface area contributed by atoms with E-state index in [2.05, 4.69) is 0 Å². The second-order valence-corrected chi connectivity index (χ2v) is 5.85. The first-order chi connectivity index (χ1) is 10.3. The molecule has 1 rings (SSSR count). The first kappa shape index (κ1) is 17.8. The lowest BCUT2D eigenvalue weighted by atomic mass is 10.3. The summed E-state index contributed by atoms with van der Waals surface area (Å²) < 4.78 is 25.6. The summed E-state index contributed by atoms with van der Waals surface area (Å²) in [6, 6.07) is 3.09. The van der Waals surface area contributed by atoms with Gasteiger partial charge in [0.1, 0.15) is 0 Å². The third kappa shape index (κ3) is 3.69. The van der Waals surface area contributed by atoms with Gasteiger partial charge < -0.3 is 11.5 Å². The summed E-state index contributed by atoms with van der Waals surface area (Å²) in [5.74, 6) is 0. The van der Waals surface area contributed by atoms with Gasteiger partial charge in [0.15, 0.2) is 0 Å². The number of carbonyl (C=O) groups is 1. The van der Waals surface area contributed by atoms with E-state index in [-0.39, 0.29) is 23.5 Å². The number of nitro groups is 1. The van der Waals surface area contributed by atoms with Gasteiger partial charge in [0.05, 0.1) is 16.5 Å². The van der Waals surface area contributed by atoms with E-state index in [0.29, 0.717) is 9.42 Å². The van der Waals surface area contributed by atoms with E-state index in [1.807, 2.05) is 0 Å². The largest absolute Gasteiger partial charge is 0.350 e. The maximum absolute atomic E-state index is 12.5. The van der Waals surface area contributed by atoms with Crippen molar-refractivity contribution in [3.63, 3.8) is 0 Å². The minimum atomic E-state index is -4.19. The summed E-state index contributed by atoms with van der Waals surface area (Å²) in [7, 11) is -4.19. The van der Waals surface area contributed by atoms with Crippen LogP contribution in [-0.2, 0) is 10.0 Å². The van der Waals surface area contributed by atoms with Crippen molar-refractivity contribution in [2.75, 3.05) is 13.2 Å². The van der Waals surface area contributed by atoms with E-state index in [0.717, 1.165) is 24.3 Å². The van der Waals surface area contributed by atoms with Crippen LogP contribution in [0, 0.1) is 17.0 Å². The zero-order valence-electron chi connectivity index (χ0n) is 11.5. The molecule has 22 heavy (non-hydrogen) atoms. The highest BCUT2D eigenvalue weighted by molar-refractivity contribution is 7.89. The minimum Gasteiger partial charge on any atom is -0.350 e. The Balaban J connectivity index is 3.26. The molecule has 0 bridgehead atoms. The first-order valence-corrected chi connectivity index (χ1v) is 7.44. The number of benzene rings is 1. The molecule has 0 heterocycles. The number of primary amides is 1. The zero-order valence-corrected chi connectivity index (χ0v) is 12.3. The Morgan fingerprint density at radius 1 is 1.32 bits per heavy atom. The predicted octanol–water partition coefficient (Wildman–Crippen LogP) is -0.101. The van der Waals surface area contributed by atoms with Crippen molar-refractivity contribution in [3.05, 3.63) is 41.3 Å². The van der Waals surface area contributed by atoms with Crippen LogP contribution in [0.3, 0.4) is 0 Å². The number of hydrogen-bond donors (Lipinski definition) is 2. The van der Waals surface area contributed by atoms with Gasteiger partial charge in [-0.05, 0) is 25.5 Å². The molecule has 120 valence electrons.